The van der Waals surface area contributed by atoms with Crippen LogP contribution >= 0.6 is 0 Å². The third-order valence-electron chi connectivity index (χ3n) is 5.28. The molecule has 0 saturated carbocycles. The number of nitrogens with zero attached hydrogens (tertiary/aromatic N) is 2. The van der Waals surface area contributed by atoms with Crippen LogP contribution in [-0.4, -0.2) is 24.4 Å². The summed E-state index contributed by atoms with van der Waals surface area (Å²) in [5.74, 6) is 0.384. The summed E-state index contributed by atoms with van der Waals surface area (Å²) in [5, 5.41) is 13.6. The summed E-state index contributed by atoms with van der Waals surface area (Å²) in [7, 11) is 0. The van der Waals surface area contributed by atoms with E-state index in [2.05, 4.69) is 16.4 Å². The minimum Gasteiger partial charge on any atom is -0.493 e. The topological polar surface area (TPSA) is 75.0 Å². The number of halogens is 1. The lowest BCUT2D eigenvalue weighted by molar-refractivity contribution is -0.107. The lowest BCUT2D eigenvalue weighted by Gasteiger charge is -2.15. The second-order valence-corrected chi connectivity index (χ2v) is 7.37. The fourth-order valence-corrected chi connectivity index (χ4v) is 3.79. The van der Waals surface area contributed by atoms with E-state index >= 15 is 0 Å². The molecule has 1 heterocycles. The van der Waals surface area contributed by atoms with Gasteiger partial charge in [0.1, 0.15) is 29.5 Å². The lowest BCUT2D eigenvalue weighted by atomic mass is 9.98. The summed E-state index contributed by atoms with van der Waals surface area (Å²) in [6, 6.07) is 22.1. The molecule has 0 atom stereocenters. The van der Waals surface area contributed by atoms with Crippen LogP contribution in [0.5, 0.6) is 5.75 Å². The van der Waals surface area contributed by atoms with Crippen LogP contribution in [0.2, 0.25) is 0 Å². The first-order valence-corrected chi connectivity index (χ1v) is 10.7. The van der Waals surface area contributed by atoms with Gasteiger partial charge in [-0.25, -0.2) is 9.37 Å². The maximum Gasteiger partial charge on any atom is 0.127 e. The molecular formula is C27H22FN3O2. The van der Waals surface area contributed by atoms with Gasteiger partial charge >= 0.3 is 0 Å². The molecule has 0 bridgehead atoms. The molecule has 3 aromatic carbocycles. The highest BCUT2D eigenvalue weighted by atomic mass is 19.1. The van der Waals surface area contributed by atoms with Gasteiger partial charge in [0.05, 0.1) is 23.5 Å². The number of hydrogen-bond donors (Lipinski definition) is 1. The Balaban J connectivity index is 1.82. The Morgan fingerprint density at radius 2 is 1.85 bits per heavy atom. The summed E-state index contributed by atoms with van der Waals surface area (Å²) in [5.41, 5.74) is 4.55. The standard InChI is InChI=1S/C27H22FN3O2/c1-2-33-25-7-4-3-6-21(25)18-8-10-19(11-9-18)26-23(17-29)27(30-14-5-15-32)22-16-20(28)12-13-24(22)31-26/h3-4,6-13,15-16H,2,5,14H2,1H3,(H,30,31). The molecule has 164 valence electrons. The van der Waals surface area contributed by atoms with Crippen molar-refractivity contribution in [3.05, 3.63) is 78.1 Å². The molecule has 0 aliphatic rings. The van der Waals surface area contributed by atoms with E-state index < -0.39 is 5.82 Å². The third-order valence-corrected chi connectivity index (χ3v) is 5.28. The van der Waals surface area contributed by atoms with Gasteiger partial charge in [-0.05, 0) is 36.8 Å². The Labute approximate surface area is 191 Å². The third kappa shape index (κ3) is 4.53. The van der Waals surface area contributed by atoms with Crippen molar-refractivity contribution in [2.75, 3.05) is 18.5 Å². The first kappa shape index (κ1) is 22.0. The van der Waals surface area contributed by atoms with Crippen molar-refractivity contribution in [1.82, 2.24) is 4.98 Å². The number of pyridine rings is 1. The van der Waals surface area contributed by atoms with Gasteiger partial charge in [0.25, 0.3) is 0 Å². The van der Waals surface area contributed by atoms with E-state index in [1.165, 1.54) is 12.1 Å². The molecule has 5 nitrogen and oxygen atoms in total. The van der Waals surface area contributed by atoms with Crippen LogP contribution in [0.1, 0.15) is 18.9 Å². The first-order chi connectivity index (χ1) is 16.2. The Bertz CT molecular complexity index is 1340. The lowest BCUT2D eigenvalue weighted by Crippen LogP contribution is -2.06. The summed E-state index contributed by atoms with van der Waals surface area (Å²) in [4.78, 5) is 15.5. The predicted molar refractivity (Wildman–Crippen MR) is 128 cm³/mol. The van der Waals surface area contributed by atoms with Crippen molar-refractivity contribution in [1.29, 1.82) is 5.26 Å². The highest BCUT2D eigenvalue weighted by Gasteiger charge is 2.17. The van der Waals surface area contributed by atoms with Gasteiger partial charge in [0.15, 0.2) is 0 Å². The monoisotopic (exact) mass is 439 g/mol. The normalized spacial score (nSPS) is 10.6. The molecule has 0 radical (unpaired) electrons. The molecule has 0 saturated heterocycles. The molecule has 4 aromatic rings. The number of nitriles is 1. The maximum atomic E-state index is 14.0. The number of nitrogens with one attached hydrogen (secondary N) is 1. The number of anilines is 1. The number of aldehydes is 1. The minimum atomic E-state index is -0.420. The van der Waals surface area contributed by atoms with Crippen LogP contribution in [0, 0.1) is 17.1 Å². The molecule has 1 aromatic heterocycles. The summed E-state index contributed by atoms with van der Waals surface area (Å²) in [6.45, 7) is 2.85. The molecule has 0 aliphatic heterocycles. The molecule has 0 unspecified atom stereocenters. The van der Waals surface area contributed by atoms with E-state index in [1.807, 2.05) is 55.5 Å². The summed E-state index contributed by atoms with van der Waals surface area (Å²) >= 11 is 0. The number of para-hydroxylation sites is 1. The maximum absolute atomic E-state index is 14.0. The number of carbonyl (C=O) groups excluding carboxylic acids is 1. The van der Waals surface area contributed by atoms with Crippen molar-refractivity contribution >= 4 is 22.9 Å². The van der Waals surface area contributed by atoms with Gasteiger partial charge in [-0.1, -0.05) is 42.5 Å². The van der Waals surface area contributed by atoms with Crippen LogP contribution in [0.15, 0.2) is 66.7 Å². The molecule has 0 spiro atoms. The summed E-state index contributed by atoms with van der Waals surface area (Å²) < 4.78 is 19.7. The highest BCUT2D eigenvalue weighted by Crippen LogP contribution is 2.36. The molecule has 0 fully saturated rings. The number of rotatable bonds is 8. The van der Waals surface area contributed by atoms with Gasteiger partial charge in [0, 0.05) is 29.5 Å². The largest absolute Gasteiger partial charge is 0.493 e. The average molecular weight is 439 g/mol. The van der Waals surface area contributed by atoms with Crippen molar-refractivity contribution < 1.29 is 13.9 Å². The fraction of sp³-hybridized carbons (Fsp3) is 0.148. The molecule has 6 heteroatoms. The number of hydrogen-bond acceptors (Lipinski definition) is 5. The van der Waals surface area contributed by atoms with Crippen LogP contribution < -0.4 is 10.1 Å². The highest BCUT2D eigenvalue weighted by molar-refractivity contribution is 5.98. The molecule has 0 aliphatic carbocycles. The van der Waals surface area contributed by atoms with E-state index in [0.29, 0.717) is 41.0 Å². The van der Waals surface area contributed by atoms with Crippen LogP contribution in [-0.2, 0) is 4.79 Å². The van der Waals surface area contributed by atoms with Gasteiger partial charge < -0.3 is 14.8 Å². The van der Waals surface area contributed by atoms with Gasteiger partial charge in [-0.2, -0.15) is 5.26 Å². The number of fused-ring (bicyclic) bond motifs is 1. The summed E-state index contributed by atoms with van der Waals surface area (Å²) in [6.07, 6.45) is 1.07. The average Bonchev–Trinajstić information content (AvgIpc) is 2.84. The number of aromatic nitrogens is 1. The number of ether oxygens (including phenoxy) is 1. The first-order valence-electron chi connectivity index (χ1n) is 10.7. The van der Waals surface area contributed by atoms with E-state index in [0.717, 1.165) is 28.7 Å². The van der Waals surface area contributed by atoms with Crippen LogP contribution in [0.25, 0.3) is 33.3 Å². The van der Waals surface area contributed by atoms with Gasteiger partial charge in [-0.15, -0.1) is 0 Å². The Morgan fingerprint density at radius 1 is 1.09 bits per heavy atom. The van der Waals surface area contributed by atoms with E-state index in [9.17, 15) is 14.4 Å². The predicted octanol–water partition coefficient (Wildman–Crippen LogP) is 5.98. The zero-order valence-electron chi connectivity index (χ0n) is 18.1. The van der Waals surface area contributed by atoms with E-state index in [-0.39, 0.29) is 6.42 Å². The second kappa shape index (κ2) is 9.92. The zero-order chi connectivity index (χ0) is 23.2. The molecule has 33 heavy (non-hydrogen) atoms. The molecule has 1 N–H and O–H groups in total. The van der Waals surface area contributed by atoms with E-state index in [4.69, 9.17) is 4.74 Å². The number of benzene rings is 3. The minimum absolute atomic E-state index is 0.271. The molecular weight excluding hydrogens is 417 g/mol. The Hall–Kier alpha value is -4.24. The van der Waals surface area contributed by atoms with Crippen molar-refractivity contribution in [2.45, 2.75) is 13.3 Å². The van der Waals surface area contributed by atoms with Gasteiger partial charge in [0.2, 0.25) is 0 Å². The van der Waals surface area contributed by atoms with Crippen molar-refractivity contribution in [3.8, 4) is 34.2 Å². The number of carbonyl (C=O) groups is 1. The van der Waals surface area contributed by atoms with Gasteiger partial charge in [-0.3, -0.25) is 0 Å². The van der Waals surface area contributed by atoms with Crippen molar-refractivity contribution in [3.63, 3.8) is 0 Å². The zero-order valence-corrected chi connectivity index (χ0v) is 18.1. The second-order valence-electron chi connectivity index (χ2n) is 7.37. The fourth-order valence-electron chi connectivity index (χ4n) is 3.79. The van der Waals surface area contributed by atoms with Crippen molar-refractivity contribution in [2.24, 2.45) is 0 Å². The van der Waals surface area contributed by atoms with E-state index in [1.54, 1.807) is 6.07 Å². The molecule has 0 amide bonds. The van der Waals surface area contributed by atoms with Crippen LogP contribution in [0.3, 0.4) is 0 Å². The SMILES string of the molecule is CCOc1ccccc1-c1ccc(-c2nc3ccc(F)cc3c(NCCC=O)c2C#N)cc1. The smallest absolute Gasteiger partial charge is 0.127 e. The van der Waals surface area contributed by atoms with Crippen LogP contribution in [0.4, 0.5) is 10.1 Å². The molecule has 4 rings (SSSR count). The quantitative estimate of drug-likeness (QED) is 0.270. The Morgan fingerprint density at radius 3 is 2.58 bits per heavy atom. The Kier molecular flexibility index (Phi) is 6.61.